The number of aliphatic carboxylic acids is 1. The van der Waals surface area contributed by atoms with Gasteiger partial charge in [-0.1, -0.05) is 12.7 Å². The van der Waals surface area contributed by atoms with Gasteiger partial charge in [0.1, 0.15) is 6.61 Å². The van der Waals surface area contributed by atoms with E-state index in [1.54, 1.807) is 6.92 Å². The fourth-order valence-corrected chi connectivity index (χ4v) is 2.33. The van der Waals surface area contributed by atoms with Gasteiger partial charge in [0.05, 0.1) is 5.41 Å². The van der Waals surface area contributed by atoms with Gasteiger partial charge in [-0.2, -0.15) is 0 Å². The molecule has 1 unspecified atom stereocenters. The summed E-state index contributed by atoms with van der Waals surface area (Å²) >= 11 is 0. The van der Waals surface area contributed by atoms with Gasteiger partial charge >= 0.3 is 12.1 Å². The maximum absolute atomic E-state index is 11.8. The predicted molar refractivity (Wildman–Crippen MR) is 62.7 cm³/mol. The van der Waals surface area contributed by atoms with Gasteiger partial charge in [-0.25, -0.2) is 4.79 Å². The van der Waals surface area contributed by atoms with Gasteiger partial charge in [0.25, 0.3) is 0 Å². The second-order valence-corrected chi connectivity index (χ2v) is 5.31. The Balaban J connectivity index is 2.84. The van der Waals surface area contributed by atoms with Crippen molar-refractivity contribution < 1.29 is 19.4 Å². The Morgan fingerprint density at radius 2 is 2.06 bits per heavy atom. The van der Waals surface area contributed by atoms with Gasteiger partial charge in [0.15, 0.2) is 0 Å². The number of amides is 1. The summed E-state index contributed by atoms with van der Waals surface area (Å²) in [6.07, 6.45) is 1.41. The number of hydrogen-bond donors (Lipinski definition) is 1. The molecule has 0 radical (unpaired) electrons. The van der Waals surface area contributed by atoms with Crippen LogP contribution >= 0.6 is 0 Å². The van der Waals surface area contributed by atoms with E-state index in [0.717, 1.165) is 0 Å². The number of carboxylic acids is 1. The van der Waals surface area contributed by atoms with Crippen LogP contribution in [0.2, 0.25) is 0 Å². The third-order valence-electron chi connectivity index (χ3n) is 3.12. The molecule has 0 aromatic carbocycles. The maximum Gasteiger partial charge on any atom is 0.410 e. The largest absolute Gasteiger partial charge is 0.481 e. The quantitative estimate of drug-likeness (QED) is 0.766. The highest BCUT2D eigenvalue weighted by molar-refractivity contribution is 5.78. The molecule has 5 nitrogen and oxygen atoms in total. The molecule has 0 aliphatic carbocycles. The van der Waals surface area contributed by atoms with E-state index in [1.165, 1.54) is 11.0 Å². The molecule has 0 aromatic heterocycles. The first-order valence-electron chi connectivity index (χ1n) is 5.52. The second-order valence-electron chi connectivity index (χ2n) is 5.31. The summed E-state index contributed by atoms with van der Waals surface area (Å²) in [4.78, 5) is 24.5. The van der Waals surface area contributed by atoms with Crippen molar-refractivity contribution in [2.75, 3.05) is 13.2 Å². The lowest BCUT2D eigenvalue weighted by Crippen LogP contribution is -2.43. The van der Waals surface area contributed by atoms with Crippen LogP contribution in [-0.2, 0) is 9.53 Å². The molecule has 1 heterocycles. The van der Waals surface area contributed by atoms with Gasteiger partial charge in [-0.15, -0.1) is 0 Å². The molecule has 0 aromatic rings. The monoisotopic (exact) mass is 241 g/mol. The van der Waals surface area contributed by atoms with Crippen LogP contribution in [0.1, 0.15) is 27.2 Å². The highest BCUT2D eigenvalue weighted by Crippen LogP contribution is 2.41. The highest BCUT2D eigenvalue weighted by Gasteiger charge is 2.52. The predicted octanol–water partition coefficient (Wildman–Crippen LogP) is 1.88. The summed E-state index contributed by atoms with van der Waals surface area (Å²) in [5.74, 6) is -0.885. The van der Waals surface area contributed by atoms with E-state index in [4.69, 9.17) is 4.74 Å². The van der Waals surface area contributed by atoms with E-state index in [-0.39, 0.29) is 13.2 Å². The van der Waals surface area contributed by atoms with Crippen LogP contribution in [0.15, 0.2) is 12.7 Å². The molecule has 1 aliphatic rings. The first kappa shape index (κ1) is 13.5. The Bertz CT molecular complexity index is 350. The number of ether oxygens (including phenoxy) is 1. The smallest absolute Gasteiger partial charge is 0.410 e. The zero-order valence-electron chi connectivity index (χ0n) is 10.5. The number of likely N-dealkylation sites (tertiary alicyclic amines) is 1. The van der Waals surface area contributed by atoms with Crippen LogP contribution in [-0.4, -0.2) is 40.8 Å². The van der Waals surface area contributed by atoms with Gasteiger partial charge in [0, 0.05) is 12.1 Å². The van der Waals surface area contributed by atoms with E-state index < -0.39 is 23.0 Å². The molecular weight excluding hydrogens is 222 g/mol. The SMILES string of the molecule is C=CCOC(=O)N1CC(C)(C(=O)O)CC1(C)C. The molecule has 1 aliphatic heterocycles. The minimum absolute atomic E-state index is 0.134. The third kappa shape index (κ3) is 2.60. The molecule has 0 bridgehead atoms. The second kappa shape index (κ2) is 4.39. The Labute approximate surface area is 101 Å². The summed E-state index contributed by atoms with van der Waals surface area (Å²) in [6, 6.07) is 0. The van der Waals surface area contributed by atoms with Gasteiger partial charge in [0.2, 0.25) is 0 Å². The minimum atomic E-state index is -0.906. The summed E-state index contributed by atoms with van der Waals surface area (Å²) in [5, 5.41) is 9.19. The molecule has 96 valence electrons. The van der Waals surface area contributed by atoms with E-state index in [2.05, 4.69) is 6.58 Å². The van der Waals surface area contributed by atoms with Crippen LogP contribution in [0.4, 0.5) is 4.79 Å². The van der Waals surface area contributed by atoms with Crippen LogP contribution in [0, 0.1) is 5.41 Å². The first-order chi connectivity index (χ1) is 7.73. The number of rotatable bonds is 3. The van der Waals surface area contributed by atoms with Crippen molar-refractivity contribution in [2.24, 2.45) is 5.41 Å². The number of nitrogens with zero attached hydrogens (tertiary/aromatic N) is 1. The Hall–Kier alpha value is -1.52. The summed E-state index contributed by atoms with van der Waals surface area (Å²) in [6.45, 7) is 9.11. The van der Waals surface area contributed by atoms with Crippen molar-refractivity contribution in [2.45, 2.75) is 32.7 Å². The van der Waals surface area contributed by atoms with Crippen LogP contribution < -0.4 is 0 Å². The fraction of sp³-hybridized carbons (Fsp3) is 0.667. The van der Waals surface area contributed by atoms with Crippen molar-refractivity contribution in [1.82, 2.24) is 4.90 Å². The molecule has 1 fully saturated rings. The first-order valence-corrected chi connectivity index (χ1v) is 5.52. The van der Waals surface area contributed by atoms with Crippen molar-refractivity contribution in [3.8, 4) is 0 Å². The lowest BCUT2D eigenvalue weighted by atomic mass is 9.84. The van der Waals surface area contributed by atoms with Crippen molar-refractivity contribution >= 4 is 12.1 Å². The molecule has 1 rings (SSSR count). The average Bonchev–Trinajstić information content (AvgIpc) is 2.46. The van der Waals surface area contributed by atoms with E-state index in [1.807, 2.05) is 13.8 Å². The van der Waals surface area contributed by atoms with Gasteiger partial charge in [-0.05, 0) is 27.2 Å². The number of carbonyl (C=O) groups is 2. The van der Waals surface area contributed by atoms with E-state index in [0.29, 0.717) is 6.42 Å². The molecule has 5 heteroatoms. The van der Waals surface area contributed by atoms with Crippen LogP contribution in [0.5, 0.6) is 0 Å². The lowest BCUT2D eigenvalue weighted by molar-refractivity contribution is -0.147. The summed E-state index contributed by atoms with van der Waals surface area (Å²) < 4.78 is 4.96. The maximum atomic E-state index is 11.8. The van der Waals surface area contributed by atoms with Crippen molar-refractivity contribution in [3.63, 3.8) is 0 Å². The number of hydrogen-bond acceptors (Lipinski definition) is 3. The topological polar surface area (TPSA) is 66.8 Å². The minimum Gasteiger partial charge on any atom is -0.481 e. The molecule has 1 atom stereocenters. The zero-order valence-corrected chi connectivity index (χ0v) is 10.5. The molecule has 0 spiro atoms. The fourth-order valence-electron chi connectivity index (χ4n) is 2.33. The lowest BCUT2D eigenvalue weighted by Gasteiger charge is -2.30. The number of carbonyl (C=O) groups excluding carboxylic acids is 1. The molecule has 1 amide bonds. The summed E-state index contributed by atoms with van der Waals surface area (Å²) in [5.41, 5.74) is -1.41. The molecular formula is C12H19NO4. The van der Waals surface area contributed by atoms with Crippen LogP contribution in [0.3, 0.4) is 0 Å². The van der Waals surface area contributed by atoms with Crippen molar-refractivity contribution in [3.05, 3.63) is 12.7 Å². The number of carboxylic acid groups (broad SMARTS) is 1. The van der Waals surface area contributed by atoms with Crippen LogP contribution in [0.25, 0.3) is 0 Å². The average molecular weight is 241 g/mol. The van der Waals surface area contributed by atoms with E-state index >= 15 is 0 Å². The molecule has 17 heavy (non-hydrogen) atoms. The molecule has 1 saturated heterocycles. The van der Waals surface area contributed by atoms with Gasteiger partial charge < -0.3 is 14.7 Å². The Morgan fingerprint density at radius 3 is 2.47 bits per heavy atom. The summed E-state index contributed by atoms with van der Waals surface area (Å²) in [7, 11) is 0. The normalized spacial score (nSPS) is 26.6. The standard InChI is InChI=1S/C12H19NO4/c1-5-6-17-10(16)13-8-12(4,9(14)15)7-11(13,2)3/h5H,1,6-8H2,2-4H3,(H,14,15). The van der Waals surface area contributed by atoms with Gasteiger partial charge in [-0.3, -0.25) is 4.79 Å². The Kier molecular flexibility index (Phi) is 3.50. The zero-order chi connectivity index (χ0) is 13.3. The Morgan fingerprint density at radius 1 is 1.47 bits per heavy atom. The van der Waals surface area contributed by atoms with Crippen molar-refractivity contribution in [1.29, 1.82) is 0 Å². The third-order valence-corrected chi connectivity index (χ3v) is 3.12. The van der Waals surface area contributed by atoms with E-state index in [9.17, 15) is 14.7 Å². The highest BCUT2D eigenvalue weighted by atomic mass is 16.6. The molecule has 0 saturated carbocycles. The molecule has 1 N–H and O–H groups in total.